The van der Waals surface area contributed by atoms with Crippen molar-refractivity contribution in [2.24, 2.45) is 4.99 Å². The van der Waals surface area contributed by atoms with Crippen LogP contribution in [0.1, 0.15) is 24.5 Å². The second-order valence-electron chi connectivity index (χ2n) is 6.56. The van der Waals surface area contributed by atoms with E-state index >= 15 is 0 Å². The maximum atomic E-state index is 12.6. The number of guanidine groups is 1. The molecule has 1 atom stereocenters. The number of alkyl halides is 3. The van der Waals surface area contributed by atoms with E-state index in [9.17, 15) is 18.3 Å². The van der Waals surface area contributed by atoms with E-state index in [0.29, 0.717) is 32.3 Å². The molecule has 3 N–H and O–H groups in total. The first-order valence-corrected chi connectivity index (χ1v) is 9.64. The van der Waals surface area contributed by atoms with Crippen LogP contribution in [0, 0.1) is 0 Å². The second-order valence-corrected chi connectivity index (χ2v) is 7.50. The molecule has 28 heavy (non-hydrogen) atoms. The van der Waals surface area contributed by atoms with Gasteiger partial charge in [0.2, 0.25) is 0 Å². The lowest BCUT2D eigenvalue weighted by atomic mass is 10.1. The number of ether oxygens (including phenoxy) is 1. The van der Waals surface area contributed by atoms with Crippen LogP contribution in [-0.2, 0) is 17.5 Å². The zero-order chi connectivity index (χ0) is 19.9. The maximum Gasteiger partial charge on any atom is 0.434 e. The van der Waals surface area contributed by atoms with Crippen LogP contribution in [-0.4, -0.2) is 72.5 Å². The van der Waals surface area contributed by atoms with Crippen LogP contribution in [0.25, 0.3) is 0 Å². The quantitative estimate of drug-likeness (QED) is 0.280. The number of morpholine rings is 1. The Bertz CT molecular complexity index is 622. The Morgan fingerprint density at radius 3 is 2.61 bits per heavy atom. The monoisotopic (exact) mass is 537 g/mol. The van der Waals surface area contributed by atoms with Crippen LogP contribution in [0.2, 0.25) is 0 Å². The van der Waals surface area contributed by atoms with Crippen LogP contribution >= 0.6 is 35.3 Å². The number of aliphatic hydroxyl groups is 1. The molecule has 12 heteroatoms. The Kier molecular flexibility index (Phi) is 10.4. The lowest BCUT2D eigenvalue weighted by Gasteiger charge is -2.34. The average molecular weight is 537 g/mol. The lowest BCUT2D eigenvalue weighted by molar-refractivity contribution is -0.140. The van der Waals surface area contributed by atoms with Gasteiger partial charge in [-0.05, 0) is 13.8 Å². The summed E-state index contributed by atoms with van der Waals surface area (Å²) in [5.74, 6) is 0.420. The highest BCUT2D eigenvalue weighted by Crippen LogP contribution is 2.30. The molecule has 1 aromatic heterocycles. The van der Waals surface area contributed by atoms with E-state index in [-0.39, 0.29) is 42.1 Å². The van der Waals surface area contributed by atoms with Crippen LogP contribution in [0.5, 0.6) is 0 Å². The lowest BCUT2D eigenvalue weighted by Crippen LogP contribution is -2.52. The number of hydrogen-bond acceptors (Lipinski definition) is 6. The van der Waals surface area contributed by atoms with Crippen molar-refractivity contribution >= 4 is 41.3 Å². The fraction of sp³-hybridized carbons (Fsp3) is 0.750. The molecule has 1 aromatic rings. The van der Waals surface area contributed by atoms with Crippen LogP contribution in [0.3, 0.4) is 0 Å². The Balaban J connectivity index is 0.00000392. The Morgan fingerprint density at radius 1 is 1.36 bits per heavy atom. The molecule has 1 aliphatic heterocycles. The summed E-state index contributed by atoms with van der Waals surface area (Å²) in [4.78, 5) is 9.95. The number of hydrogen-bond donors (Lipinski definition) is 3. The van der Waals surface area contributed by atoms with Gasteiger partial charge in [-0.1, -0.05) is 0 Å². The first-order valence-electron chi connectivity index (χ1n) is 8.76. The Hall–Kier alpha value is -0.700. The number of nitrogens with zero attached hydrogens (tertiary/aromatic N) is 3. The van der Waals surface area contributed by atoms with Gasteiger partial charge < -0.3 is 20.5 Å². The fourth-order valence-corrected chi connectivity index (χ4v) is 3.30. The van der Waals surface area contributed by atoms with E-state index in [1.807, 2.05) is 6.92 Å². The molecule has 1 unspecified atom stereocenters. The predicted molar refractivity (Wildman–Crippen MR) is 113 cm³/mol. The normalized spacial score (nSPS) is 18.3. The number of β-amino-alcohol motifs (C(OH)–C–C–N with tert-alkyl or cyclic N) is 1. The molecule has 2 rings (SSSR count). The first-order chi connectivity index (χ1) is 12.7. The highest BCUT2D eigenvalue weighted by molar-refractivity contribution is 14.0. The zero-order valence-electron chi connectivity index (χ0n) is 15.9. The van der Waals surface area contributed by atoms with Gasteiger partial charge in [0.05, 0.1) is 25.4 Å². The minimum absolute atomic E-state index is 0. The molecule has 2 heterocycles. The first kappa shape index (κ1) is 25.3. The van der Waals surface area contributed by atoms with Crippen molar-refractivity contribution < 1.29 is 23.0 Å². The summed E-state index contributed by atoms with van der Waals surface area (Å²) in [7, 11) is 0. The van der Waals surface area contributed by atoms with Crippen LogP contribution in [0.15, 0.2) is 10.4 Å². The summed E-state index contributed by atoms with van der Waals surface area (Å²) in [6.07, 6.45) is -4.45. The van der Waals surface area contributed by atoms with Gasteiger partial charge in [-0.25, -0.2) is 9.98 Å². The zero-order valence-corrected chi connectivity index (χ0v) is 19.0. The number of halogens is 4. The van der Waals surface area contributed by atoms with E-state index in [2.05, 4.69) is 25.5 Å². The third-order valence-corrected chi connectivity index (χ3v) is 4.70. The summed E-state index contributed by atoms with van der Waals surface area (Å²) in [5, 5.41) is 17.9. The summed E-state index contributed by atoms with van der Waals surface area (Å²) in [6.45, 7) is 7.83. The van der Waals surface area contributed by atoms with Crippen LogP contribution in [0.4, 0.5) is 13.2 Å². The number of nitrogens with one attached hydrogen (secondary N) is 2. The standard InChI is InChI=1S/C16H26F3N5O2S.HI/c1-3-20-14(21-8-13-23-12(9-27-13)16(17,18)19)22-10-15(2,25)11-24-4-6-26-7-5-24;/h9,25H,3-8,10-11H2,1-2H3,(H2,20,21,22);1H. The molecule has 0 spiro atoms. The number of aromatic nitrogens is 1. The molecule has 0 saturated carbocycles. The number of thiazole rings is 1. The molecule has 7 nitrogen and oxygen atoms in total. The fourth-order valence-electron chi connectivity index (χ4n) is 2.57. The Labute approximate surface area is 183 Å². The minimum atomic E-state index is -4.45. The summed E-state index contributed by atoms with van der Waals surface area (Å²) >= 11 is 0.922. The van der Waals surface area contributed by atoms with Crippen molar-refractivity contribution in [2.75, 3.05) is 45.9 Å². The molecule has 0 aromatic carbocycles. The summed E-state index contributed by atoms with van der Waals surface area (Å²) < 4.78 is 43.1. The summed E-state index contributed by atoms with van der Waals surface area (Å²) in [5.41, 5.74) is -1.89. The largest absolute Gasteiger partial charge is 0.434 e. The highest BCUT2D eigenvalue weighted by Gasteiger charge is 2.33. The molecular weight excluding hydrogens is 510 g/mol. The third kappa shape index (κ3) is 8.76. The molecule has 0 aliphatic carbocycles. The summed E-state index contributed by atoms with van der Waals surface area (Å²) in [6, 6.07) is 0. The van der Waals surface area contributed by atoms with E-state index in [1.54, 1.807) is 6.92 Å². The molecule has 1 aliphatic rings. The van der Waals surface area contributed by atoms with Gasteiger partial charge in [-0.3, -0.25) is 4.90 Å². The van der Waals surface area contributed by atoms with Crippen molar-refractivity contribution in [3.63, 3.8) is 0 Å². The van der Waals surface area contributed by atoms with E-state index in [1.165, 1.54) is 0 Å². The SMILES string of the molecule is CCNC(=NCc1nc(C(F)(F)F)cs1)NCC(C)(O)CN1CCOCC1.I. The van der Waals surface area contributed by atoms with Gasteiger partial charge in [0.25, 0.3) is 0 Å². The second kappa shape index (κ2) is 11.5. The van der Waals surface area contributed by atoms with Gasteiger partial charge in [0.15, 0.2) is 11.7 Å². The highest BCUT2D eigenvalue weighted by atomic mass is 127. The van der Waals surface area contributed by atoms with Gasteiger partial charge in [0, 0.05) is 38.1 Å². The maximum absolute atomic E-state index is 12.6. The van der Waals surface area contributed by atoms with Gasteiger partial charge in [0.1, 0.15) is 5.01 Å². The van der Waals surface area contributed by atoms with Gasteiger partial charge in [-0.15, -0.1) is 35.3 Å². The van der Waals surface area contributed by atoms with Crippen molar-refractivity contribution in [1.29, 1.82) is 0 Å². The topological polar surface area (TPSA) is 82.0 Å². The molecule has 162 valence electrons. The number of rotatable bonds is 7. The molecule has 1 saturated heterocycles. The number of aliphatic imine (C=N–C) groups is 1. The molecule has 0 amide bonds. The molecule has 0 bridgehead atoms. The smallest absolute Gasteiger partial charge is 0.387 e. The average Bonchev–Trinajstić information content (AvgIpc) is 3.07. The van der Waals surface area contributed by atoms with Crippen molar-refractivity contribution in [2.45, 2.75) is 32.2 Å². The minimum Gasteiger partial charge on any atom is -0.387 e. The third-order valence-electron chi connectivity index (χ3n) is 3.86. The van der Waals surface area contributed by atoms with E-state index in [4.69, 9.17) is 4.74 Å². The van der Waals surface area contributed by atoms with E-state index in [0.717, 1.165) is 29.8 Å². The van der Waals surface area contributed by atoms with Crippen LogP contribution < -0.4 is 10.6 Å². The van der Waals surface area contributed by atoms with Crippen molar-refractivity contribution in [1.82, 2.24) is 20.5 Å². The van der Waals surface area contributed by atoms with Crippen molar-refractivity contribution in [3.05, 3.63) is 16.1 Å². The van der Waals surface area contributed by atoms with E-state index < -0.39 is 17.5 Å². The molecule has 1 fully saturated rings. The van der Waals surface area contributed by atoms with Crippen molar-refractivity contribution in [3.8, 4) is 0 Å². The predicted octanol–water partition coefficient (Wildman–Crippen LogP) is 1.92. The Morgan fingerprint density at radius 2 is 2.04 bits per heavy atom. The molecule has 0 radical (unpaired) electrons. The molecular formula is C16H27F3IN5O2S. The van der Waals surface area contributed by atoms with Gasteiger partial charge >= 0.3 is 6.18 Å². The van der Waals surface area contributed by atoms with Gasteiger partial charge in [-0.2, -0.15) is 13.2 Å².